The summed E-state index contributed by atoms with van der Waals surface area (Å²) in [4.78, 5) is 20.0. The molecule has 1 N–H and O–H groups in total. The van der Waals surface area contributed by atoms with Crippen molar-refractivity contribution in [2.45, 2.75) is 26.3 Å². The fraction of sp³-hybridized carbons (Fsp3) is 0.733. The first-order chi connectivity index (χ1) is 11.7. The summed E-state index contributed by atoms with van der Waals surface area (Å²) in [6, 6.07) is 0. The lowest BCUT2D eigenvalue weighted by atomic mass is 10.3. The van der Waals surface area contributed by atoms with E-state index in [9.17, 15) is 4.79 Å². The van der Waals surface area contributed by atoms with E-state index in [-0.39, 0.29) is 6.09 Å². The second-order valence-electron chi connectivity index (χ2n) is 5.55. The molecule has 1 saturated heterocycles. The Bertz CT molecular complexity index is 510. The number of carbonyl (C=O) groups excluding carboxylic acids is 1. The Morgan fingerprint density at radius 2 is 1.83 bits per heavy atom. The molecule has 2 rings (SSSR count). The molecule has 0 saturated carbocycles. The second kappa shape index (κ2) is 9.74. The molecular formula is C15H27N7O2. The number of rotatable bonds is 6. The molecule has 1 aromatic rings. The lowest BCUT2D eigenvalue weighted by Crippen LogP contribution is -2.54. The van der Waals surface area contributed by atoms with Gasteiger partial charge in [0.1, 0.15) is 12.7 Å². The van der Waals surface area contributed by atoms with E-state index in [1.54, 1.807) is 24.6 Å². The lowest BCUT2D eigenvalue weighted by Gasteiger charge is -2.35. The fourth-order valence-electron chi connectivity index (χ4n) is 2.61. The number of hydrogen-bond acceptors (Lipinski definition) is 5. The summed E-state index contributed by atoms with van der Waals surface area (Å²) in [5.41, 5.74) is 0. The lowest BCUT2D eigenvalue weighted by molar-refractivity contribution is 0.0914. The summed E-state index contributed by atoms with van der Waals surface area (Å²) < 4.78 is 7.01. The average Bonchev–Trinajstić information content (AvgIpc) is 3.12. The maximum atomic E-state index is 11.7. The van der Waals surface area contributed by atoms with Gasteiger partial charge in [0.25, 0.3) is 0 Å². The topological polar surface area (TPSA) is 87.9 Å². The maximum absolute atomic E-state index is 11.7. The molecule has 0 atom stereocenters. The smallest absolute Gasteiger partial charge is 0.409 e. The average molecular weight is 337 g/mol. The Labute approximate surface area is 142 Å². The largest absolute Gasteiger partial charge is 0.450 e. The van der Waals surface area contributed by atoms with Gasteiger partial charge in [0.05, 0.1) is 6.61 Å². The number of carbonyl (C=O) groups is 1. The highest BCUT2D eigenvalue weighted by molar-refractivity contribution is 5.80. The Kier molecular flexibility index (Phi) is 7.31. The molecular weight excluding hydrogens is 310 g/mol. The minimum absolute atomic E-state index is 0.228. The zero-order valence-electron chi connectivity index (χ0n) is 14.5. The summed E-state index contributed by atoms with van der Waals surface area (Å²) in [6.07, 6.45) is 5.33. The molecule has 2 heterocycles. The van der Waals surface area contributed by atoms with Crippen LogP contribution in [-0.4, -0.2) is 83.0 Å². The molecule has 0 bridgehead atoms. The molecule has 0 unspecified atom stereocenters. The molecule has 0 radical (unpaired) electrons. The Hall–Kier alpha value is -2.32. The van der Waals surface area contributed by atoms with Gasteiger partial charge in [0, 0.05) is 46.3 Å². The van der Waals surface area contributed by atoms with Gasteiger partial charge in [-0.05, 0) is 19.8 Å². The molecule has 1 fully saturated rings. The molecule has 0 spiro atoms. The molecule has 9 heteroatoms. The third-order valence-corrected chi connectivity index (χ3v) is 3.91. The van der Waals surface area contributed by atoms with Crippen molar-refractivity contribution < 1.29 is 9.53 Å². The third-order valence-electron chi connectivity index (χ3n) is 3.91. The van der Waals surface area contributed by atoms with Crippen LogP contribution in [0.15, 0.2) is 17.6 Å². The van der Waals surface area contributed by atoms with Crippen molar-refractivity contribution in [3.05, 3.63) is 12.7 Å². The first-order valence-electron chi connectivity index (χ1n) is 8.44. The summed E-state index contributed by atoms with van der Waals surface area (Å²) in [6.45, 7) is 6.87. The second-order valence-corrected chi connectivity index (χ2v) is 5.55. The molecule has 0 aliphatic carbocycles. The van der Waals surface area contributed by atoms with E-state index in [1.807, 2.05) is 11.5 Å². The normalized spacial score (nSPS) is 15.5. The zero-order chi connectivity index (χ0) is 17.2. The minimum Gasteiger partial charge on any atom is -0.450 e. The van der Waals surface area contributed by atoms with Crippen molar-refractivity contribution in [1.29, 1.82) is 0 Å². The standard InChI is InChI=1S/C15H27N7O2/c1-3-24-15(23)22-10-8-21(9-11-22)14(16-2)17-6-4-5-7-20-12-18-19-13-20/h12-13H,3-11H2,1-2H3,(H,16,17). The SMILES string of the molecule is CCOC(=O)N1CCN(C(=NC)NCCCCn2cnnc2)CC1. The van der Waals surface area contributed by atoms with Crippen LogP contribution in [0, 0.1) is 0 Å². The van der Waals surface area contributed by atoms with Crippen LogP contribution < -0.4 is 5.32 Å². The van der Waals surface area contributed by atoms with Crippen molar-refractivity contribution in [2.75, 3.05) is 46.4 Å². The van der Waals surface area contributed by atoms with Crippen molar-refractivity contribution in [3.8, 4) is 0 Å². The number of guanidine groups is 1. The molecule has 0 aromatic carbocycles. The highest BCUT2D eigenvalue weighted by Crippen LogP contribution is 2.04. The van der Waals surface area contributed by atoms with Gasteiger partial charge < -0.3 is 24.4 Å². The van der Waals surface area contributed by atoms with Gasteiger partial charge in [-0.15, -0.1) is 10.2 Å². The van der Waals surface area contributed by atoms with E-state index in [4.69, 9.17) is 4.74 Å². The van der Waals surface area contributed by atoms with Crippen LogP contribution in [0.2, 0.25) is 0 Å². The van der Waals surface area contributed by atoms with E-state index in [0.29, 0.717) is 19.7 Å². The number of aryl methyl sites for hydroxylation is 1. The zero-order valence-corrected chi connectivity index (χ0v) is 14.5. The van der Waals surface area contributed by atoms with E-state index in [1.165, 1.54) is 0 Å². The van der Waals surface area contributed by atoms with Crippen molar-refractivity contribution in [3.63, 3.8) is 0 Å². The number of hydrogen-bond donors (Lipinski definition) is 1. The highest BCUT2D eigenvalue weighted by Gasteiger charge is 2.23. The fourth-order valence-corrected chi connectivity index (χ4v) is 2.61. The number of nitrogens with zero attached hydrogens (tertiary/aromatic N) is 6. The summed E-state index contributed by atoms with van der Waals surface area (Å²) in [5.74, 6) is 0.891. The quantitative estimate of drug-likeness (QED) is 0.459. The van der Waals surface area contributed by atoms with E-state index in [0.717, 1.165) is 45.0 Å². The van der Waals surface area contributed by atoms with Crippen LogP contribution in [-0.2, 0) is 11.3 Å². The number of piperazine rings is 1. The Morgan fingerprint density at radius 1 is 1.17 bits per heavy atom. The number of amides is 1. The number of unbranched alkanes of at least 4 members (excludes halogenated alkanes) is 1. The number of aliphatic imine (C=N–C) groups is 1. The van der Waals surface area contributed by atoms with Crippen molar-refractivity contribution >= 4 is 12.1 Å². The number of aromatic nitrogens is 3. The van der Waals surface area contributed by atoms with Crippen molar-refractivity contribution in [2.24, 2.45) is 4.99 Å². The summed E-state index contributed by atoms with van der Waals surface area (Å²) in [7, 11) is 1.79. The molecule has 24 heavy (non-hydrogen) atoms. The number of nitrogens with one attached hydrogen (secondary N) is 1. The molecule has 1 aliphatic heterocycles. The van der Waals surface area contributed by atoms with E-state index < -0.39 is 0 Å². The van der Waals surface area contributed by atoms with Gasteiger partial charge in [-0.25, -0.2) is 4.79 Å². The first-order valence-corrected chi connectivity index (χ1v) is 8.44. The molecule has 134 valence electrons. The molecule has 1 aromatic heterocycles. The summed E-state index contributed by atoms with van der Waals surface area (Å²) in [5, 5.41) is 11.0. The maximum Gasteiger partial charge on any atom is 0.409 e. The monoisotopic (exact) mass is 337 g/mol. The highest BCUT2D eigenvalue weighted by atomic mass is 16.6. The van der Waals surface area contributed by atoms with Gasteiger partial charge in [-0.1, -0.05) is 0 Å². The number of ether oxygens (including phenoxy) is 1. The van der Waals surface area contributed by atoms with Gasteiger partial charge in [0.15, 0.2) is 5.96 Å². The van der Waals surface area contributed by atoms with Crippen LogP contribution in [0.1, 0.15) is 19.8 Å². The first kappa shape index (κ1) is 18.0. The Morgan fingerprint density at radius 3 is 2.46 bits per heavy atom. The van der Waals surface area contributed by atoms with E-state index in [2.05, 4.69) is 25.4 Å². The summed E-state index contributed by atoms with van der Waals surface area (Å²) >= 11 is 0. The van der Waals surface area contributed by atoms with Crippen LogP contribution in [0.5, 0.6) is 0 Å². The molecule has 1 aliphatic rings. The van der Waals surface area contributed by atoms with E-state index >= 15 is 0 Å². The van der Waals surface area contributed by atoms with Gasteiger partial charge >= 0.3 is 6.09 Å². The van der Waals surface area contributed by atoms with Crippen LogP contribution in [0.4, 0.5) is 4.79 Å². The minimum atomic E-state index is -0.228. The van der Waals surface area contributed by atoms with Crippen LogP contribution in [0.25, 0.3) is 0 Å². The predicted molar refractivity (Wildman–Crippen MR) is 90.8 cm³/mol. The van der Waals surface area contributed by atoms with Crippen molar-refractivity contribution in [1.82, 2.24) is 29.9 Å². The van der Waals surface area contributed by atoms with Gasteiger partial charge in [-0.3, -0.25) is 4.99 Å². The molecule has 9 nitrogen and oxygen atoms in total. The third kappa shape index (κ3) is 5.39. The Balaban J connectivity index is 1.64. The predicted octanol–water partition coefficient (Wildman–Crippen LogP) is 0.408. The van der Waals surface area contributed by atoms with Crippen LogP contribution in [0.3, 0.4) is 0 Å². The van der Waals surface area contributed by atoms with Crippen LogP contribution >= 0.6 is 0 Å². The van der Waals surface area contributed by atoms with Gasteiger partial charge in [-0.2, -0.15) is 0 Å². The molecule has 1 amide bonds. The van der Waals surface area contributed by atoms with Gasteiger partial charge in [0.2, 0.25) is 0 Å².